The first kappa shape index (κ1) is 17.8. The molecule has 0 aliphatic carbocycles. The van der Waals surface area contributed by atoms with Crippen molar-refractivity contribution in [3.63, 3.8) is 0 Å². The van der Waals surface area contributed by atoms with E-state index < -0.39 is 28.5 Å². The first-order valence-electron chi connectivity index (χ1n) is 6.94. The van der Waals surface area contributed by atoms with E-state index in [1.165, 1.54) is 18.4 Å². The van der Waals surface area contributed by atoms with Crippen LogP contribution in [0.25, 0.3) is 0 Å². The van der Waals surface area contributed by atoms with Crippen molar-refractivity contribution in [1.82, 2.24) is 9.80 Å². The second-order valence-corrected chi connectivity index (χ2v) is 7.68. The van der Waals surface area contributed by atoms with Gasteiger partial charge in [-0.05, 0) is 12.1 Å². The summed E-state index contributed by atoms with van der Waals surface area (Å²) >= 11 is 0. The molecule has 6 nitrogen and oxygen atoms in total. The van der Waals surface area contributed by atoms with Gasteiger partial charge in [-0.1, -0.05) is 0 Å². The Morgan fingerprint density at radius 1 is 1.30 bits per heavy atom. The van der Waals surface area contributed by atoms with Crippen LogP contribution in [0.15, 0.2) is 22.8 Å². The number of nitrogens with zero attached hydrogens (tertiary/aromatic N) is 2. The van der Waals surface area contributed by atoms with E-state index >= 15 is 0 Å². The van der Waals surface area contributed by atoms with Gasteiger partial charge in [0.05, 0.1) is 30.9 Å². The van der Waals surface area contributed by atoms with Crippen molar-refractivity contribution in [3.8, 4) is 0 Å². The van der Waals surface area contributed by atoms with Crippen molar-refractivity contribution in [3.05, 3.63) is 24.2 Å². The fourth-order valence-corrected chi connectivity index (χ4v) is 3.52. The van der Waals surface area contributed by atoms with Gasteiger partial charge in [-0.25, -0.2) is 8.42 Å². The lowest BCUT2D eigenvalue weighted by atomic mass is 10.3. The molecule has 1 saturated heterocycles. The minimum Gasteiger partial charge on any atom is -0.467 e. The van der Waals surface area contributed by atoms with Crippen LogP contribution in [0.2, 0.25) is 0 Å². The van der Waals surface area contributed by atoms with Gasteiger partial charge in [0.25, 0.3) is 0 Å². The number of rotatable bonds is 5. The molecule has 1 aromatic heterocycles. The number of hydrogen-bond donors (Lipinski definition) is 0. The van der Waals surface area contributed by atoms with E-state index in [1.807, 2.05) is 0 Å². The summed E-state index contributed by atoms with van der Waals surface area (Å²) in [6.07, 6.45) is -3.20. The monoisotopic (exact) mass is 354 g/mol. The van der Waals surface area contributed by atoms with Crippen LogP contribution in [0.5, 0.6) is 0 Å². The van der Waals surface area contributed by atoms with Crippen molar-refractivity contribution >= 4 is 15.7 Å². The number of alkyl halides is 3. The molecule has 10 heteroatoms. The van der Waals surface area contributed by atoms with Crippen LogP contribution in [0.1, 0.15) is 5.76 Å². The molecule has 0 N–H and O–H groups in total. The van der Waals surface area contributed by atoms with Gasteiger partial charge in [0.15, 0.2) is 9.84 Å². The summed E-state index contributed by atoms with van der Waals surface area (Å²) < 4.78 is 65.6. The van der Waals surface area contributed by atoms with Crippen molar-refractivity contribution in [2.24, 2.45) is 0 Å². The Kier molecular flexibility index (Phi) is 5.35. The maximum absolute atomic E-state index is 12.7. The molecule has 0 unspecified atom stereocenters. The van der Waals surface area contributed by atoms with Gasteiger partial charge in [-0.2, -0.15) is 13.2 Å². The molecular formula is C13H17F3N2O4S. The molecule has 1 amide bonds. The van der Waals surface area contributed by atoms with Gasteiger partial charge >= 0.3 is 6.18 Å². The van der Waals surface area contributed by atoms with Crippen LogP contribution in [0.3, 0.4) is 0 Å². The van der Waals surface area contributed by atoms with Crippen LogP contribution in [0, 0.1) is 0 Å². The Labute approximate surface area is 131 Å². The summed E-state index contributed by atoms with van der Waals surface area (Å²) in [7, 11) is -3.10. The van der Waals surface area contributed by atoms with E-state index in [4.69, 9.17) is 4.42 Å². The Balaban J connectivity index is 1.98. The molecule has 0 radical (unpaired) electrons. The van der Waals surface area contributed by atoms with Crippen molar-refractivity contribution in [2.45, 2.75) is 12.7 Å². The highest BCUT2D eigenvalue weighted by molar-refractivity contribution is 7.91. The average molecular weight is 354 g/mol. The highest BCUT2D eigenvalue weighted by atomic mass is 32.2. The average Bonchev–Trinajstić information content (AvgIpc) is 2.92. The van der Waals surface area contributed by atoms with Gasteiger partial charge in [-0.15, -0.1) is 0 Å². The zero-order valence-corrected chi connectivity index (χ0v) is 13.1. The summed E-state index contributed by atoms with van der Waals surface area (Å²) in [6, 6.07) is 3.02. The molecule has 1 aliphatic heterocycles. The Morgan fingerprint density at radius 3 is 2.48 bits per heavy atom. The fourth-order valence-electron chi connectivity index (χ4n) is 2.24. The van der Waals surface area contributed by atoms with Gasteiger partial charge < -0.3 is 9.32 Å². The summed E-state index contributed by atoms with van der Waals surface area (Å²) in [5.74, 6) is -0.628. The molecule has 0 spiro atoms. The minimum absolute atomic E-state index is 0.0856. The summed E-state index contributed by atoms with van der Waals surface area (Å²) in [4.78, 5) is 14.4. The Morgan fingerprint density at radius 2 is 1.96 bits per heavy atom. The third kappa shape index (κ3) is 5.87. The molecule has 0 aromatic carbocycles. The van der Waals surface area contributed by atoms with Gasteiger partial charge in [-0.3, -0.25) is 9.69 Å². The highest BCUT2D eigenvalue weighted by Gasteiger charge is 2.34. The number of sulfone groups is 1. The smallest absolute Gasteiger partial charge is 0.406 e. The predicted molar refractivity (Wildman–Crippen MR) is 75.3 cm³/mol. The van der Waals surface area contributed by atoms with Crippen LogP contribution in [-0.4, -0.2) is 68.0 Å². The standard InChI is InChI=1S/C13H17F3N2O4S/c14-13(15,16)10-18(8-11-2-1-5-22-11)12(19)9-17-3-6-23(20,21)7-4-17/h1-2,5H,3-4,6-10H2. The summed E-state index contributed by atoms with van der Waals surface area (Å²) in [6.45, 7) is -1.61. The molecule has 0 saturated carbocycles. The van der Waals surface area contributed by atoms with Crippen molar-refractivity contribution in [1.29, 1.82) is 0 Å². The van der Waals surface area contributed by atoms with E-state index in [-0.39, 0.29) is 43.4 Å². The number of carbonyl (C=O) groups excluding carboxylic acids is 1. The van der Waals surface area contributed by atoms with Crippen molar-refractivity contribution in [2.75, 3.05) is 37.7 Å². The number of furan rings is 1. The third-order valence-corrected chi connectivity index (χ3v) is 5.05. The van der Waals surface area contributed by atoms with E-state index in [0.29, 0.717) is 4.90 Å². The maximum atomic E-state index is 12.7. The minimum atomic E-state index is -4.52. The number of hydrogen-bond acceptors (Lipinski definition) is 5. The van der Waals surface area contributed by atoms with E-state index in [0.717, 1.165) is 0 Å². The van der Waals surface area contributed by atoms with Crippen LogP contribution in [-0.2, 0) is 21.2 Å². The largest absolute Gasteiger partial charge is 0.467 e. The highest BCUT2D eigenvalue weighted by Crippen LogP contribution is 2.19. The first-order chi connectivity index (χ1) is 10.6. The molecule has 2 rings (SSSR count). The molecule has 2 heterocycles. The van der Waals surface area contributed by atoms with Gasteiger partial charge in [0, 0.05) is 13.1 Å². The lowest BCUT2D eigenvalue weighted by Crippen LogP contribution is -2.48. The van der Waals surface area contributed by atoms with E-state index in [2.05, 4.69) is 0 Å². The normalized spacial score (nSPS) is 18.7. The Bertz CT molecular complexity index is 614. The topological polar surface area (TPSA) is 70.8 Å². The summed E-state index contributed by atoms with van der Waals surface area (Å²) in [5, 5.41) is 0. The molecule has 1 aromatic rings. The zero-order valence-electron chi connectivity index (χ0n) is 12.3. The quantitative estimate of drug-likeness (QED) is 0.786. The van der Waals surface area contributed by atoms with E-state index in [1.54, 1.807) is 4.90 Å². The lowest BCUT2D eigenvalue weighted by molar-refractivity contribution is -0.163. The molecule has 1 fully saturated rings. The second kappa shape index (κ2) is 6.91. The SMILES string of the molecule is O=C(CN1CCS(=O)(=O)CC1)N(Cc1ccco1)CC(F)(F)F. The molecule has 0 atom stereocenters. The number of halogens is 3. The lowest BCUT2D eigenvalue weighted by Gasteiger charge is -2.29. The molecular weight excluding hydrogens is 337 g/mol. The van der Waals surface area contributed by atoms with Gasteiger partial charge in [0.1, 0.15) is 12.3 Å². The number of carbonyl (C=O) groups is 1. The van der Waals surface area contributed by atoms with Gasteiger partial charge in [0.2, 0.25) is 5.91 Å². The van der Waals surface area contributed by atoms with Crippen LogP contribution >= 0.6 is 0 Å². The van der Waals surface area contributed by atoms with Crippen LogP contribution < -0.4 is 0 Å². The second-order valence-electron chi connectivity index (χ2n) is 5.37. The fraction of sp³-hybridized carbons (Fsp3) is 0.615. The third-order valence-electron chi connectivity index (χ3n) is 3.45. The van der Waals surface area contributed by atoms with Crippen molar-refractivity contribution < 1.29 is 30.8 Å². The maximum Gasteiger partial charge on any atom is 0.406 e. The van der Waals surface area contributed by atoms with E-state index in [9.17, 15) is 26.4 Å². The zero-order chi connectivity index (χ0) is 17.1. The molecule has 130 valence electrons. The Hall–Kier alpha value is -1.55. The first-order valence-corrected chi connectivity index (χ1v) is 8.76. The summed E-state index contributed by atoms with van der Waals surface area (Å²) in [5.41, 5.74) is 0. The van der Waals surface area contributed by atoms with Crippen LogP contribution in [0.4, 0.5) is 13.2 Å². The predicted octanol–water partition coefficient (Wildman–Crippen LogP) is 0.901. The molecule has 23 heavy (non-hydrogen) atoms. The number of amides is 1. The molecule has 1 aliphatic rings. The molecule has 0 bridgehead atoms.